The van der Waals surface area contributed by atoms with Crippen molar-refractivity contribution in [3.05, 3.63) is 71.8 Å². The van der Waals surface area contributed by atoms with Gasteiger partial charge in [0, 0.05) is 6.04 Å². The molecule has 1 atom stereocenters. The second-order valence-electron chi connectivity index (χ2n) is 5.45. The Labute approximate surface area is 132 Å². The summed E-state index contributed by atoms with van der Waals surface area (Å²) < 4.78 is 11.3. The number of methoxy groups -OCH3 is 1. The second kappa shape index (κ2) is 7.66. The molecule has 3 heteroatoms. The van der Waals surface area contributed by atoms with Crippen LogP contribution in [0, 0.1) is 0 Å². The molecule has 0 amide bonds. The molecule has 0 radical (unpaired) electrons. The van der Waals surface area contributed by atoms with Crippen molar-refractivity contribution in [2.45, 2.75) is 26.0 Å². The Morgan fingerprint density at radius 3 is 2.50 bits per heavy atom. The van der Waals surface area contributed by atoms with Gasteiger partial charge in [0.05, 0.1) is 7.11 Å². The van der Waals surface area contributed by atoms with Crippen LogP contribution in [0.2, 0.25) is 0 Å². The van der Waals surface area contributed by atoms with E-state index >= 15 is 0 Å². The van der Waals surface area contributed by atoms with Crippen LogP contribution in [0.25, 0.3) is 0 Å². The zero-order valence-corrected chi connectivity index (χ0v) is 13.2. The fourth-order valence-corrected chi connectivity index (χ4v) is 2.26. The molecule has 2 aromatic carbocycles. The van der Waals surface area contributed by atoms with Crippen molar-refractivity contribution in [2.24, 2.45) is 5.73 Å². The number of nitrogens with two attached hydrogens (primary N) is 1. The maximum absolute atomic E-state index is 6.18. The van der Waals surface area contributed by atoms with E-state index in [1.165, 1.54) is 0 Å². The van der Waals surface area contributed by atoms with E-state index in [1.807, 2.05) is 55.5 Å². The van der Waals surface area contributed by atoms with Crippen molar-refractivity contribution in [3.63, 3.8) is 0 Å². The van der Waals surface area contributed by atoms with Gasteiger partial charge in [0.25, 0.3) is 0 Å². The zero-order valence-electron chi connectivity index (χ0n) is 13.2. The fraction of sp³-hybridized carbons (Fsp3) is 0.263. The van der Waals surface area contributed by atoms with Crippen LogP contribution in [0.15, 0.2) is 60.7 Å². The first-order valence-corrected chi connectivity index (χ1v) is 7.34. The van der Waals surface area contributed by atoms with E-state index in [2.05, 4.69) is 6.58 Å². The zero-order chi connectivity index (χ0) is 15.9. The molecule has 2 rings (SSSR count). The van der Waals surface area contributed by atoms with Gasteiger partial charge in [-0.25, -0.2) is 0 Å². The fourth-order valence-electron chi connectivity index (χ4n) is 2.26. The summed E-state index contributed by atoms with van der Waals surface area (Å²) in [5.74, 6) is 1.42. The minimum absolute atomic E-state index is 0.0745. The largest absolute Gasteiger partial charge is 0.493 e. The van der Waals surface area contributed by atoms with Gasteiger partial charge in [-0.1, -0.05) is 42.0 Å². The molecular formula is C19H23NO2. The van der Waals surface area contributed by atoms with Gasteiger partial charge in [0.15, 0.2) is 11.5 Å². The molecule has 0 aliphatic heterocycles. The lowest BCUT2D eigenvalue weighted by atomic mass is 10.0. The highest BCUT2D eigenvalue weighted by atomic mass is 16.5. The maximum Gasteiger partial charge on any atom is 0.161 e. The third-order valence-corrected chi connectivity index (χ3v) is 3.42. The Hall–Kier alpha value is -2.26. The van der Waals surface area contributed by atoms with Crippen LogP contribution in [0.1, 0.15) is 30.5 Å². The molecule has 2 N–H and O–H groups in total. The van der Waals surface area contributed by atoms with Gasteiger partial charge >= 0.3 is 0 Å². The number of ether oxygens (including phenoxy) is 2. The normalized spacial score (nSPS) is 11.8. The van der Waals surface area contributed by atoms with Crippen LogP contribution in [-0.2, 0) is 6.61 Å². The Morgan fingerprint density at radius 1 is 1.14 bits per heavy atom. The monoisotopic (exact) mass is 297 g/mol. The molecule has 0 saturated carbocycles. The van der Waals surface area contributed by atoms with Gasteiger partial charge in [0.1, 0.15) is 6.61 Å². The molecule has 3 nitrogen and oxygen atoms in total. The quantitative estimate of drug-likeness (QED) is 0.777. The van der Waals surface area contributed by atoms with Crippen molar-refractivity contribution in [2.75, 3.05) is 7.11 Å². The lowest BCUT2D eigenvalue weighted by Crippen LogP contribution is -2.10. The van der Waals surface area contributed by atoms with Gasteiger partial charge in [0.2, 0.25) is 0 Å². The average Bonchev–Trinajstić information content (AvgIpc) is 2.53. The highest BCUT2D eigenvalue weighted by Crippen LogP contribution is 2.31. The second-order valence-corrected chi connectivity index (χ2v) is 5.45. The van der Waals surface area contributed by atoms with Gasteiger partial charge in [-0.3, -0.25) is 0 Å². The van der Waals surface area contributed by atoms with Crippen molar-refractivity contribution < 1.29 is 9.47 Å². The van der Waals surface area contributed by atoms with E-state index in [4.69, 9.17) is 15.2 Å². The topological polar surface area (TPSA) is 44.5 Å². The predicted molar refractivity (Wildman–Crippen MR) is 90.1 cm³/mol. The van der Waals surface area contributed by atoms with Crippen LogP contribution in [-0.4, -0.2) is 7.11 Å². The molecule has 0 spiro atoms. The van der Waals surface area contributed by atoms with Crippen LogP contribution in [0.4, 0.5) is 0 Å². The lowest BCUT2D eigenvalue weighted by Gasteiger charge is -2.16. The van der Waals surface area contributed by atoms with E-state index in [0.717, 1.165) is 28.9 Å². The number of benzene rings is 2. The van der Waals surface area contributed by atoms with Crippen LogP contribution in [0.5, 0.6) is 11.5 Å². The molecule has 0 aliphatic rings. The summed E-state index contributed by atoms with van der Waals surface area (Å²) in [6.07, 6.45) is 0.757. The molecule has 22 heavy (non-hydrogen) atoms. The predicted octanol–water partition coefficient (Wildman–Crippen LogP) is 4.24. The Balaban J connectivity index is 2.10. The van der Waals surface area contributed by atoms with Gasteiger partial charge in [-0.15, -0.1) is 6.58 Å². The standard InChI is InChI=1S/C19H23NO2/c1-14(2)11-17(20)16-9-10-18(19(12-16)21-3)22-13-15-7-5-4-6-8-15/h4-10,12,17H,1,11,13,20H2,2-3H3/t17-/m1/s1. The minimum Gasteiger partial charge on any atom is -0.493 e. The summed E-state index contributed by atoms with van der Waals surface area (Å²) >= 11 is 0. The van der Waals surface area contributed by atoms with Gasteiger partial charge in [-0.2, -0.15) is 0 Å². The number of hydrogen-bond donors (Lipinski definition) is 1. The highest BCUT2D eigenvalue weighted by molar-refractivity contribution is 5.44. The Bertz CT molecular complexity index is 623. The summed E-state index contributed by atoms with van der Waals surface area (Å²) in [4.78, 5) is 0. The molecule has 0 unspecified atom stereocenters. The third kappa shape index (κ3) is 4.37. The molecule has 0 aliphatic carbocycles. The minimum atomic E-state index is -0.0745. The Kier molecular flexibility index (Phi) is 5.61. The van der Waals surface area contributed by atoms with Gasteiger partial charge < -0.3 is 15.2 Å². The lowest BCUT2D eigenvalue weighted by molar-refractivity contribution is 0.284. The molecule has 2 aromatic rings. The molecule has 0 fully saturated rings. The SMILES string of the molecule is C=C(C)C[C@@H](N)c1ccc(OCc2ccccc2)c(OC)c1. The van der Waals surface area contributed by atoms with Crippen molar-refractivity contribution in [1.82, 2.24) is 0 Å². The summed E-state index contributed by atoms with van der Waals surface area (Å²) in [5, 5.41) is 0. The molecule has 0 bridgehead atoms. The summed E-state index contributed by atoms with van der Waals surface area (Å²) in [5.41, 5.74) is 9.38. The number of hydrogen-bond acceptors (Lipinski definition) is 3. The third-order valence-electron chi connectivity index (χ3n) is 3.42. The molecular weight excluding hydrogens is 274 g/mol. The first kappa shape index (κ1) is 16.1. The van der Waals surface area contributed by atoms with E-state index in [0.29, 0.717) is 12.4 Å². The summed E-state index contributed by atoms with van der Waals surface area (Å²) in [7, 11) is 1.64. The highest BCUT2D eigenvalue weighted by Gasteiger charge is 2.11. The smallest absolute Gasteiger partial charge is 0.161 e. The van der Waals surface area contributed by atoms with E-state index in [9.17, 15) is 0 Å². The van der Waals surface area contributed by atoms with E-state index < -0.39 is 0 Å². The van der Waals surface area contributed by atoms with Crippen LogP contribution >= 0.6 is 0 Å². The van der Waals surface area contributed by atoms with Crippen molar-refractivity contribution >= 4 is 0 Å². The molecule has 116 valence electrons. The summed E-state index contributed by atoms with van der Waals surface area (Å²) in [6.45, 7) is 6.40. The molecule has 0 aromatic heterocycles. The van der Waals surface area contributed by atoms with E-state index in [-0.39, 0.29) is 6.04 Å². The van der Waals surface area contributed by atoms with Crippen molar-refractivity contribution in [1.29, 1.82) is 0 Å². The molecule has 0 heterocycles. The number of rotatable bonds is 7. The van der Waals surface area contributed by atoms with Gasteiger partial charge in [-0.05, 0) is 36.6 Å². The van der Waals surface area contributed by atoms with Crippen LogP contribution < -0.4 is 15.2 Å². The Morgan fingerprint density at radius 2 is 1.86 bits per heavy atom. The maximum atomic E-state index is 6.18. The first-order valence-electron chi connectivity index (χ1n) is 7.34. The van der Waals surface area contributed by atoms with Crippen molar-refractivity contribution in [3.8, 4) is 11.5 Å². The average molecular weight is 297 g/mol. The van der Waals surface area contributed by atoms with Crippen LogP contribution in [0.3, 0.4) is 0 Å². The molecule has 0 saturated heterocycles. The first-order chi connectivity index (χ1) is 10.6. The van der Waals surface area contributed by atoms with E-state index in [1.54, 1.807) is 7.11 Å². The summed E-state index contributed by atoms with van der Waals surface area (Å²) in [6, 6.07) is 15.8.